The van der Waals surface area contributed by atoms with E-state index in [9.17, 15) is 18.0 Å². The molecule has 0 aromatic rings. The molecule has 2 rings (SSSR count). The summed E-state index contributed by atoms with van der Waals surface area (Å²) < 4.78 is 46.0. The second-order valence-electron chi connectivity index (χ2n) is 5.45. The number of carbonyl (C=O) groups excluding carboxylic acids is 1. The van der Waals surface area contributed by atoms with Crippen molar-refractivity contribution in [2.24, 2.45) is 0 Å². The Hall–Kier alpha value is -1.02. The molecular weight excluding hydrogens is 289 g/mol. The fourth-order valence-electron chi connectivity index (χ4n) is 2.65. The molecule has 5 nitrogen and oxygen atoms in total. The van der Waals surface area contributed by atoms with Crippen LogP contribution in [0.2, 0.25) is 0 Å². The number of nitrogens with zero attached hydrogens (tertiary/aromatic N) is 2. The average molecular weight is 310 g/mol. The van der Waals surface area contributed by atoms with Gasteiger partial charge < -0.3 is 14.4 Å². The van der Waals surface area contributed by atoms with Gasteiger partial charge in [-0.3, -0.25) is 4.90 Å². The number of hydrogen-bond acceptors (Lipinski definition) is 4. The van der Waals surface area contributed by atoms with Gasteiger partial charge in [-0.2, -0.15) is 13.2 Å². The van der Waals surface area contributed by atoms with Crippen LogP contribution in [0.4, 0.5) is 18.0 Å². The van der Waals surface area contributed by atoms with E-state index in [1.54, 1.807) is 0 Å². The molecule has 1 atom stereocenters. The fraction of sp³-hybridized carbons (Fsp3) is 0.923. The van der Waals surface area contributed by atoms with Crippen molar-refractivity contribution in [3.8, 4) is 0 Å². The van der Waals surface area contributed by atoms with Crippen LogP contribution in [0.5, 0.6) is 0 Å². The van der Waals surface area contributed by atoms with Crippen molar-refractivity contribution in [2.45, 2.75) is 31.5 Å². The zero-order valence-electron chi connectivity index (χ0n) is 11.9. The molecule has 8 heteroatoms. The monoisotopic (exact) mass is 310 g/mol. The Morgan fingerprint density at radius 3 is 2.67 bits per heavy atom. The number of alkyl halides is 3. The molecule has 0 bridgehead atoms. The molecule has 0 saturated carbocycles. The first kappa shape index (κ1) is 16.4. The first-order valence-corrected chi connectivity index (χ1v) is 7.26. The zero-order valence-corrected chi connectivity index (χ0v) is 11.9. The predicted molar refractivity (Wildman–Crippen MR) is 69.0 cm³/mol. The minimum atomic E-state index is -4.48. The van der Waals surface area contributed by atoms with Gasteiger partial charge in [-0.15, -0.1) is 0 Å². The van der Waals surface area contributed by atoms with Crippen molar-refractivity contribution in [3.63, 3.8) is 0 Å². The smallest absolute Gasteiger partial charge is 0.422 e. The summed E-state index contributed by atoms with van der Waals surface area (Å²) in [6.07, 6.45) is -2.26. The first-order chi connectivity index (χ1) is 9.94. The van der Waals surface area contributed by atoms with Gasteiger partial charge in [-0.25, -0.2) is 4.79 Å². The summed E-state index contributed by atoms with van der Waals surface area (Å²) in [7, 11) is 0. The molecule has 0 radical (unpaired) electrons. The van der Waals surface area contributed by atoms with E-state index in [4.69, 9.17) is 4.74 Å². The van der Waals surface area contributed by atoms with Crippen molar-refractivity contribution < 1.29 is 27.4 Å². The maximum atomic E-state index is 12.0. The van der Waals surface area contributed by atoms with Crippen LogP contribution in [0.15, 0.2) is 0 Å². The van der Waals surface area contributed by atoms with Gasteiger partial charge >= 0.3 is 12.3 Å². The SMILES string of the molecule is O=C(OCC(F)(F)F)N1CCCN(CC2CCCO2)CC1. The molecular formula is C13H21F3N2O3. The number of halogens is 3. The number of ether oxygens (including phenoxy) is 2. The molecule has 2 saturated heterocycles. The third-order valence-corrected chi connectivity index (χ3v) is 3.69. The largest absolute Gasteiger partial charge is 0.440 e. The van der Waals surface area contributed by atoms with Gasteiger partial charge in [0.2, 0.25) is 0 Å². The average Bonchev–Trinajstić information content (AvgIpc) is 2.80. The summed E-state index contributed by atoms with van der Waals surface area (Å²) in [6, 6.07) is 0. The molecule has 122 valence electrons. The fourth-order valence-corrected chi connectivity index (χ4v) is 2.65. The van der Waals surface area contributed by atoms with Crippen molar-refractivity contribution in [1.82, 2.24) is 9.80 Å². The van der Waals surface area contributed by atoms with Crippen LogP contribution < -0.4 is 0 Å². The van der Waals surface area contributed by atoms with Gasteiger partial charge in [0, 0.05) is 32.8 Å². The van der Waals surface area contributed by atoms with Crippen LogP contribution in [0, 0.1) is 0 Å². The third-order valence-electron chi connectivity index (χ3n) is 3.69. The zero-order chi connectivity index (χ0) is 15.3. The summed E-state index contributed by atoms with van der Waals surface area (Å²) in [4.78, 5) is 15.2. The van der Waals surface area contributed by atoms with Crippen LogP contribution in [-0.4, -0.2) is 74.1 Å². The quantitative estimate of drug-likeness (QED) is 0.798. The van der Waals surface area contributed by atoms with Crippen LogP contribution in [0.3, 0.4) is 0 Å². The van der Waals surface area contributed by atoms with E-state index in [0.29, 0.717) is 19.6 Å². The molecule has 0 aliphatic carbocycles. The Morgan fingerprint density at radius 2 is 2.00 bits per heavy atom. The summed E-state index contributed by atoms with van der Waals surface area (Å²) in [6.45, 7) is 2.38. The van der Waals surface area contributed by atoms with Gasteiger partial charge in [0.25, 0.3) is 0 Å². The van der Waals surface area contributed by atoms with E-state index in [-0.39, 0.29) is 6.10 Å². The molecule has 2 heterocycles. The van der Waals surface area contributed by atoms with Crippen LogP contribution >= 0.6 is 0 Å². The first-order valence-electron chi connectivity index (χ1n) is 7.26. The molecule has 0 aromatic carbocycles. The molecule has 2 aliphatic rings. The lowest BCUT2D eigenvalue weighted by molar-refractivity contribution is -0.162. The van der Waals surface area contributed by atoms with Gasteiger partial charge in [0.15, 0.2) is 6.61 Å². The van der Waals surface area contributed by atoms with E-state index >= 15 is 0 Å². The maximum absolute atomic E-state index is 12.0. The van der Waals surface area contributed by atoms with Gasteiger partial charge in [0.1, 0.15) is 0 Å². The highest BCUT2D eigenvalue weighted by Gasteiger charge is 2.31. The third kappa shape index (κ3) is 5.70. The Kier molecular flexibility index (Phi) is 5.69. The molecule has 1 unspecified atom stereocenters. The van der Waals surface area contributed by atoms with E-state index < -0.39 is 18.9 Å². The Balaban J connectivity index is 1.73. The standard InChI is InChI=1S/C13H21F3N2O3/c14-13(15,16)10-21-12(19)18-5-2-4-17(6-7-18)9-11-3-1-8-20-11/h11H,1-10H2. The van der Waals surface area contributed by atoms with Gasteiger partial charge in [-0.05, 0) is 25.8 Å². The topological polar surface area (TPSA) is 42.0 Å². The highest BCUT2D eigenvalue weighted by atomic mass is 19.4. The normalized spacial score (nSPS) is 24.9. The summed E-state index contributed by atoms with van der Waals surface area (Å²) in [5, 5.41) is 0. The molecule has 2 fully saturated rings. The predicted octanol–water partition coefficient (Wildman–Crippen LogP) is 1.87. The summed E-state index contributed by atoms with van der Waals surface area (Å²) in [5.41, 5.74) is 0. The summed E-state index contributed by atoms with van der Waals surface area (Å²) >= 11 is 0. The highest BCUT2D eigenvalue weighted by Crippen LogP contribution is 2.17. The summed E-state index contributed by atoms with van der Waals surface area (Å²) in [5.74, 6) is 0. The van der Waals surface area contributed by atoms with E-state index in [2.05, 4.69) is 9.64 Å². The minimum Gasteiger partial charge on any atom is -0.440 e. The Morgan fingerprint density at radius 1 is 1.19 bits per heavy atom. The lowest BCUT2D eigenvalue weighted by atomic mass is 10.2. The lowest BCUT2D eigenvalue weighted by Crippen LogP contribution is -2.38. The van der Waals surface area contributed by atoms with Crippen LogP contribution in [-0.2, 0) is 9.47 Å². The van der Waals surface area contributed by atoms with Crippen molar-refractivity contribution in [2.75, 3.05) is 45.9 Å². The lowest BCUT2D eigenvalue weighted by Gasteiger charge is -2.23. The van der Waals surface area contributed by atoms with Crippen molar-refractivity contribution in [1.29, 1.82) is 0 Å². The van der Waals surface area contributed by atoms with E-state index in [1.165, 1.54) is 4.90 Å². The van der Waals surface area contributed by atoms with Crippen LogP contribution in [0.25, 0.3) is 0 Å². The number of carbonyl (C=O) groups is 1. The minimum absolute atomic E-state index is 0.244. The second kappa shape index (κ2) is 7.31. The van der Waals surface area contributed by atoms with Gasteiger partial charge in [-0.1, -0.05) is 0 Å². The molecule has 0 aromatic heterocycles. The number of amides is 1. The Labute approximate surface area is 122 Å². The molecule has 2 aliphatic heterocycles. The van der Waals surface area contributed by atoms with E-state index in [1.807, 2.05) is 0 Å². The second-order valence-corrected chi connectivity index (χ2v) is 5.45. The molecule has 21 heavy (non-hydrogen) atoms. The maximum Gasteiger partial charge on any atom is 0.422 e. The van der Waals surface area contributed by atoms with E-state index in [0.717, 1.165) is 39.0 Å². The molecule has 0 spiro atoms. The van der Waals surface area contributed by atoms with Crippen LogP contribution in [0.1, 0.15) is 19.3 Å². The highest BCUT2D eigenvalue weighted by molar-refractivity contribution is 5.67. The van der Waals surface area contributed by atoms with Gasteiger partial charge in [0.05, 0.1) is 6.10 Å². The Bertz CT molecular complexity index is 346. The van der Waals surface area contributed by atoms with Crippen molar-refractivity contribution >= 4 is 6.09 Å². The van der Waals surface area contributed by atoms with Crippen molar-refractivity contribution in [3.05, 3.63) is 0 Å². The molecule has 0 N–H and O–H groups in total. The molecule has 1 amide bonds. The number of rotatable bonds is 3. The number of hydrogen-bond donors (Lipinski definition) is 0.